The number of halogens is 1. The Morgan fingerprint density at radius 3 is 1.45 bits per heavy atom. The van der Waals surface area contributed by atoms with Crippen LogP contribution in [0.5, 0.6) is 12.0 Å². The fraction of sp³-hybridized carbons (Fsp3) is 0.507. The number of ether oxygens (including phenoxy) is 6. The average Bonchev–Trinajstić information content (AvgIpc) is 0.790. The Morgan fingerprint density at radius 2 is 0.990 bits per heavy atom. The number of fused-ring (bicyclic) bond motifs is 4. The number of hydrogen-bond donors (Lipinski definition) is 0. The van der Waals surface area contributed by atoms with Gasteiger partial charge in [0.05, 0.1) is 81.3 Å². The van der Waals surface area contributed by atoms with Crippen molar-refractivity contribution in [1.82, 2.24) is 39.5 Å². The zero-order chi connectivity index (χ0) is 65.7. The summed E-state index contributed by atoms with van der Waals surface area (Å²) in [5.74, 6) is 1.60. The Hall–Kier alpha value is -7.49. The maximum Gasteiger partial charge on any atom is 0.318 e. The molecule has 98 heavy (non-hydrogen) atoms. The van der Waals surface area contributed by atoms with Gasteiger partial charge in [0.25, 0.3) is 0 Å². The molecule has 14 rings (SSSR count). The number of rotatable bonds is 22. The highest BCUT2D eigenvalue weighted by Gasteiger charge is 2.38. The third-order valence-electron chi connectivity index (χ3n) is 19.2. The van der Waals surface area contributed by atoms with E-state index in [4.69, 9.17) is 73.1 Å². The van der Waals surface area contributed by atoms with Crippen LogP contribution in [0.2, 0.25) is 5.02 Å². The summed E-state index contributed by atoms with van der Waals surface area (Å²) in [5.41, 5.74) is 7.63. The molecule has 22 nitrogen and oxygen atoms in total. The molecule has 2 saturated carbocycles. The van der Waals surface area contributed by atoms with E-state index in [0.717, 1.165) is 166 Å². The molecule has 8 heterocycles. The molecule has 6 aliphatic heterocycles. The molecule has 4 saturated heterocycles. The number of aromatic nitrogens is 4. The van der Waals surface area contributed by atoms with E-state index in [0.29, 0.717) is 110 Å². The van der Waals surface area contributed by atoms with Gasteiger partial charge in [0.2, 0.25) is 24.9 Å². The highest BCUT2D eigenvalue weighted by Crippen LogP contribution is 2.39. The summed E-state index contributed by atoms with van der Waals surface area (Å²) in [6.07, 6.45) is 13.9. The van der Waals surface area contributed by atoms with Gasteiger partial charge < -0.3 is 67.5 Å². The normalized spacial score (nSPS) is 19.8. The standard InChI is InChI=1S/C37H45N7O4.C36H42ClN7O4.2H2S/c1-27-6-3-7-28-8-4-9-33(35(27)28)42-15-13-31-32(26-42)39-37(48-23-22-47-30-11-12-30)40-36(31)43-16-17-44(29(25-43)24-38-2)34(45)10-5-14-41-18-20-46-21-19-41;1-38-23-27-24-43(15-16-44(27)33(45)9-4-13-41-17-19-46-20-18-41)35-29-12-14-42(32-8-3-6-26-5-2-7-30(37)34(26)32)25-31(29)39-36(40-35)48-22-21-47-28-10-11-28;;/h3-10,29-30H,11-26H2,1H3;2-9,27-28H,10-25H2;2*1H2/b10-5+;9-4+;;/t29-;27-;;/m00../s1. The van der Waals surface area contributed by atoms with Crippen LogP contribution in [0.3, 0.4) is 0 Å². The van der Waals surface area contributed by atoms with Crippen LogP contribution in [-0.2, 0) is 54.5 Å². The maximum absolute atomic E-state index is 13.4. The lowest BCUT2D eigenvalue weighted by atomic mass is 9.99. The van der Waals surface area contributed by atoms with Crippen molar-refractivity contribution in [3.8, 4) is 12.0 Å². The molecule has 2 aromatic heterocycles. The Balaban J connectivity index is 0.000000194. The van der Waals surface area contributed by atoms with E-state index in [-0.39, 0.29) is 64.0 Å². The number of benzene rings is 4. The lowest BCUT2D eigenvalue weighted by Gasteiger charge is -2.41. The first-order chi connectivity index (χ1) is 47.1. The number of amides is 2. The van der Waals surface area contributed by atoms with Crippen molar-refractivity contribution in [2.75, 3.05) is 177 Å². The van der Waals surface area contributed by atoms with Crippen molar-refractivity contribution in [2.45, 2.75) is 82.8 Å². The first-order valence-electron chi connectivity index (χ1n) is 34.3. The highest BCUT2D eigenvalue weighted by atomic mass is 35.5. The SMILES string of the molecule is S.S.[C-]#[N+]C[C@H]1CN(c2nc(OCCOC3CC3)nc3c2CCN(c2cccc4cccc(C)c24)C3)CCN1C(=O)/C=C/CN1CCOCC1.[C-]#[N+]C[C@H]1CN(c2nc(OCCOC3CC3)nc3c2CCN(c2cccc4cccc(Cl)c24)C3)CCN1C(=O)/C=C/CN1CCOCC1. The molecule has 0 radical (unpaired) electrons. The van der Waals surface area contributed by atoms with Gasteiger partial charge in [0.15, 0.2) is 0 Å². The zero-order valence-electron chi connectivity index (χ0n) is 56.1. The second-order valence-electron chi connectivity index (χ2n) is 25.8. The van der Waals surface area contributed by atoms with E-state index >= 15 is 0 Å². The molecule has 4 aromatic carbocycles. The Kier molecular flexibility index (Phi) is 25.3. The van der Waals surface area contributed by atoms with Crippen molar-refractivity contribution in [3.63, 3.8) is 0 Å². The summed E-state index contributed by atoms with van der Waals surface area (Å²) >= 11 is 6.72. The predicted molar refractivity (Wildman–Crippen MR) is 392 cm³/mol. The summed E-state index contributed by atoms with van der Waals surface area (Å²) in [6, 6.07) is 25.4. The molecule has 0 N–H and O–H groups in total. The number of carbonyl (C=O) groups is 2. The van der Waals surface area contributed by atoms with Gasteiger partial charge in [-0.2, -0.15) is 46.9 Å². The van der Waals surface area contributed by atoms with E-state index in [1.807, 2.05) is 34.1 Å². The Bertz CT molecular complexity index is 3620. The first-order valence-corrected chi connectivity index (χ1v) is 34.7. The number of carbonyl (C=O) groups excluding carboxylic acids is 2. The van der Waals surface area contributed by atoms with Gasteiger partial charge in [-0.15, -0.1) is 0 Å². The monoisotopic (exact) mass is 1390 g/mol. The molecular weight excluding hydrogens is 1300 g/mol. The summed E-state index contributed by atoms with van der Waals surface area (Å²) in [5, 5.41) is 5.37. The lowest BCUT2D eigenvalue weighted by molar-refractivity contribution is -0.129. The third-order valence-corrected chi connectivity index (χ3v) is 19.5. The molecule has 2 aliphatic carbocycles. The topological polar surface area (TPSA) is 176 Å². The van der Waals surface area contributed by atoms with Gasteiger partial charge in [-0.1, -0.05) is 78.4 Å². The molecule has 2 atom stereocenters. The molecule has 8 aliphatic rings. The lowest BCUT2D eigenvalue weighted by Crippen LogP contribution is -2.56. The summed E-state index contributed by atoms with van der Waals surface area (Å²) < 4.78 is 34.7. The molecule has 6 aromatic rings. The largest absolute Gasteiger partial charge is 0.461 e. The number of aryl methyl sites for hydroxylation is 1. The Morgan fingerprint density at radius 1 is 0.551 bits per heavy atom. The third kappa shape index (κ3) is 17.9. The minimum atomic E-state index is -0.253. The molecule has 2 amide bonds. The van der Waals surface area contributed by atoms with Crippen LogP contribution in [0.1, 0.15) is 53.8 Å². The van der Waals surface area contributed by atoms with Crippen LogP contribution in [-0.4, -0.2) is 233 Å². The van der Waals surface area contributed by atoms with Crippen LogP contribution in [0.15, 0.2) is 97.1 Å². The van der Waals surface area contributed by atoms with Gasteiger partial charge in [-0.25, -0.2) is 13.1 Å². The second kappa shape index (κ2) is 34.5. The smallest absolute Gasteiger partial charge is 0.318 e. The zero-order valence-corrected chi connectivity index (χ0v) is 58.8. The van der Waals surface area contributed by atoms with E-state index < -0.39 is 0 Å². The fourth-order valence-corrected chi connectivity index (χ4v) is 14.2. The van der Waals surface area contributed by atoms with Gasteiger partial charge >= 0.3 is 12.0 Å². The molecule has 0 unspecified atom stereocenters. The van der Waals surface area contributed by atoms with Crippen LogP contribution >= 0.6 is 38.6 Å². The molecule has 25 heteroatoms. The van der Waals surface area contributed by atoms with E-state index in [9.17, 15) is 9.59 Å². The van der Waals surface area contributed by atoms with Crippen molar-refractivity contribution in [2.24, 2.45) is 0 Å². The van der Waals surface area contributed by atoms with Crippen LogP contribution in [0.4, 0.5) is 23.0 Å². The molecule has 520 valence electrons. The first kappa shape index (κ1) is 71.8. The molecular formula is C73H91ClN14O8S2. The minimum Gasteiger partial charge on any atom is -0.461 e. The van der Waals surface area contributed by atoms with Crippen molar-refractivity contribution >= 4 is 95.0 Å². The van der Waals surface area contributed by atoms with Gasteiger partial charge in [-0.3, -0.25) is 19.4 Å². The number of morpholine rings is 2. The average molecular weight is 1390 g/mol. The van der Waals surface area contributed by atoms with E-state index in [1.54, 1.807) is 12.2 Å². The van der Waals surface area contributed by atoms with Crippen LogP contribution in [0, 0.1) is 20.1 Å². The fourth-order valence-electron chi connectivity index (χ4n) is 13.9. The molecule has 6 fully saturated rings. The summed E-state index contributed by atoms with van der Waals surface area (Å²) in [6.45, 7) is 33.7. The predicted octanol–water partition coefficient (Wildman–Crippen LogP) is 8.34. The number of hydrogen-bond acceptors (Lipinski definition) is 18. The van der Waals surface area contributed by atoms with Gasteiger partial charge in [0, 0.05) is 137 Å². The second-order valence-corrected chi connectivity index (χ2v) is 26.2. The van der Waals surface area contributed by atoms with Gasteiger partial charge in [0.1, 0.15) is 36.9 Å². The van der Waals surface area contributed by atoms with Crippen LogP contribution < -0.4 is 29.1 Å². The van der Waals surface area contributed by atoms with E-state index in [2.05, 4.69) is 107 Å². The highest BCUT2D eigenvalue weighted by molar-refractivity contribution is 7.59. The van der Waals surface area contributed by atoms with Crippen molar-refractivity contribution in [3.05, 3.63) is 153 Å². The number of nitrogens with zero attached hydrogens (tertiary/aromatic N) is 14. The minimum absolute atomic E-state index is 0. The maximum atomic E-state index is 13.4. The van der Waals surface area contributed by atoms with E-state index in [1.165, 1.54) is 22.0 Å². The van der Waals surface area contributed by atoms with Gasteiger partial charge in [-0.05, 0) is 80.0 Å². The van der Waals surface area contributed by atoms with Crippen molar-refractivity contribution in [1.29, 1.82) is 0 Å². The van der Waals surface area contributed by atoms with Crippen LogP contribution in [0.25, 0.3) is 31.2 Å². The van der Waals surface area contributed by atoms with Crippen molar-refractivity contribution < 1.29 is 38.0 Å². The molecule has 0 bridgehead atoms. The Labute approximate surface area is 594 Å². The quantitative estimate of drug-likeness (QED) is 0.0360. The number of anilines is 4. The summed E-state index contributed by atoms with van der Waals surface area (Å²) in [4.78, 5) is 71.4. The molecule has 0 spiro atoms. The number of piperazine rings is 2. The summed E-state index contributed by atoms with van der Waals surface area (Å²) in [7, 11) is 0.